The van der Waals surface area contributed by atoms with Crippen LogP contribution < -0.4 is 0 Å². The first kappa shape index (κ1) is 12.4. The van der Waals surface area contributed by atoms with Gasteiger partial charge in [0.1, 0.15) is 5.38 Å². The molecule has 1 atom stereocenters. The molecule has 0 radical (unpaired) electrons. The van der Waals surface area contributed by atoms with Crippen LogP contribution in [0.5, 0.6) is 0 Å². The predicted octanol–water partition coefficient (Wildman–Crippen LogP) is 4.05. The van der Waals surface area contributed by atoms with Gasteiger partial charge in [-0.3, -0.25) is 0 Å². The minimum absolute atomic E-state index is 0.397. The normalized spacial score (nSPS) is 12.5. The molecule has 0 aliphatic rings. The maximum absolute atomic E-state index is 6.33. The van der Waals surface area contributed by atoms with E-state index < -0.39 is 5.38 Å². The molecule has 1 aromatic carbocycles. The zero-order chi connectivity index (χ0) is 13.1. The third kappa shape index (κ3) is 2.85. The summed E-state index contributed by atoms with van der Waals surface area (Å²) in [6.45, 7) is 0. The van der Waals surface area contributed by atoms with Gasteiger partial charge in [-0.25, -0.2) is 0 Å². The predicted molar refractivity (Wildman–Crippen MR) is 75.6 cm³/mol. The molecule has 0 bridgehead atoms. The molecular weight excluding hydrogens is 280 g/mol. The van der Waals surface area contributed by atoms with Crippen LogP contribution in [-0.4, -0.2) is 10.1 Å². The molecule has 0 aliphatic heterocycles. The first-order valence-electron chi connectivity index (χ1n) is 5.87. The molecule has 2 heterocycles. The first-order chi connectivity index (χ1) is 9.33. The maximum atomic E-state index is 6.33. The fourth-order valence-corrected chi connectivity index (χ4v) is 2.71. The van der Waals surface area contributed by atoms with Crippen molar-refractivity contribution in [3.63, 3.8) is 0 Å². The summed E-state index contributed by atoms with van der Waals surface area (Å²) in [5, 5.41) is 5.61. The molecule has 0 amide bonds. The van der Waals surface area contributed by atoms with Gasteiger partial charge in [0, 0.05) is 11.3 Å². The minimum Gasteiger partial charge on any atom is -0.337 e. The second kappa shape index (κ2) is 5.55. The van der Waals surface area contributed by atoms with E-state index in [0.29, 0.717) is 18.1 Å². The summed E-state index contributed by atoms with van der Waals surface area (Å²) in [5.41, 5.74) is 0.954. The Kier molecular flexibility index (Phi) is 3.62. The third-order valence-electron chi connectivity index (χ3n) is 2.71. The molecule has 0 spiro atoms. The summed E-state index contributed by atoms with van der Waals surface area (Å²) in [6, 6.07) is 13.8. The van der Waals surface area contributed by atoms with Crippen LogP contribution in [0.2, 0.25) is 0 Å². The Balaban J connectivity index is 1.78. The first-order valence-corrected chi connectivity index (χ1v) is 7.18. The van der Waals surface area contributed by atoms with Gasteiger partial charge in [0.15, 0.2) is 5.82 Å². The third-order valence-corrected chi connectivity index (χ3v) is 4.02. The second-order valence-electron chi connectivity index (χ2n) is 4.08. The van der Waals surface area contributed by atoms with Crippen molar-refractivity contribution in [2.24, 2.45) is 0 Å². The molecule has 0 fully saturated rings. The molecule has 3 nitrogen and oxygen atoms in total. The van der Waals surface area contributed by atoms with Crippen LogP contribution in [0.15, 0.2) is 52.4 Å². The van der Waals surface area contributed by atoms with Crippen molar-refractivity contribution in [1.82, 2.24) is 10.1 Å². The Bertz CT molecular complexity index is 637. The SMILES string of the molecule is ClC(c1ccccc1)c1nc(Cc2cccs2)no1. The van der Waals surface area contributed by atoms with Gasteiger partial charge in [-0.15, -0.1) is 22.9 Å². The van der Waals surface area contributed by atoms with Crippen LogP contribution >= 0.6 is 22.9 Å². The topological polar surface area (TPSA) is 38.9 Å². The summed E-state index contributed by atoms with van der Waals surface area (Å²) in [4.78, 5) is 5.57. The molecule has 96 valence electrons. The van der Waals surface area contributed by atoms with Crippen LogP contribution in [0.1, 0.15) is 27.5 Å². The average molecular weight is 291 g/mol. The lowest BCUT2D eigenvalue weighted by Crippen LogP contribution is -1.94. The lowest BCUT2D eigenvalue weighted by Gasteiger charge is -2.03. The molecule has 1 unspecified atom stereocenters. The zero-order valence-corrected chi connectivity index (χ0v) is 11.6. The number of hydrogen-bond donors (Lipinski definition) is 0. The Morgan fingerprint density at radius 2 is 2.00 bits per heavy atom. The van der Waals surface area contributed by atoms with E-state index in [2.05, 4.69) is 16.2 Å². The van der Waals surface area contributed by atoms with E-state index >= 15 is 0 Å². The number of benzene rings is 1. The van der Waals surface area contributed by atoms with Crippen LogP contribution in [0.4, 0.5) is 0 Å². The quantitative estimate of drug-likeness (QED) is 0.681. The Hall–Kier alpha value is -1.65. The van der Waals surface area contributed by atoms with Gasteiger partial charge in [-0.1, -0.05) is 41.6 Å². The van der Waals surface area contributed by atoms with E-state index in [-0.39, 0.29) is 0 Å². The van der Waals surface area contributed by atoms with E-state index in [4.69, 9.17) is 16.1 Å². The Morgan fingerprint density at radius 1 is 1.16 bits per heavy atom. The number of rotatable bonds is 4. The maximum Gasteiger partial charge on any atom is 0.249 e. The van der Waals surface area contributed by atoms with Gasteiger partial charge in [-0.05, 0) is 17.0 Å². The highest BCUT2D eigenvalue weighted by Gasteiger charge is 2.18. The summed E-state index contributed by atoms with van der Waals surface area (Å²) < 4.78 is 5.24. The van der Waals surface area contributed by atoms with Crippen molar-refractivity contribution in [3.05, 3.63) is 70.0 Å². The number of alkyl halides is 1. The number of hydrogen-bond acceptors (Lipinski definition) is 4. The van der Waals surface area contributed by atoms with Crippen LogP contribution in [0.3, 0.4) is 0 Å². The number of halogens is 1. The van der Waals surface area contributed by atoms with Gasteiger partial charge in [0.25, 0.3) is 0 Å². The second-order valence-corrected chi connectivity index (χ2v) is 5.55. The van der Waals surface area contributed by atoms with Crippen LogP contribution in [0.25, 0.3) is 0 Å². The summed E-state index contributed by atoms with van der Waals surface area (Å²) in [7, 11) is 0. The summed E-state index contributed by atoms with van der Waals surface area (Å²) >= 11 is 8.01. The highest BCUT2D eigenvalue weighted by molar-refractivity contribution is 7.09. The smallest absolute Gasteiger partial charge is 0.249 e. The number of nitrogens with zero attached hydrogens (tertiary/aromatic N) is 2. The van der Waals surface area contributed by atoms with Gasteiger partial charge >= 0.3 is 0 Å². The lowest BCUT2D eigenvalue weighted by atomic mass is 10.1. The van der Waals surface area contributed by atoms with E-state index in [9.17, 15) is 0 Å². The van der Waals surface area contributed by atoms with Gasteiger partial charge in [-0.2, -0.15) is 4.98 Å². The molecule has 0 N–H and O–H groups in total. The van der Waals surface area contributed by atoms with E-state index in [1.54, 1.807) is 11.3 Å². The monoisotopic (exact) mass is 290 g/mol. The van der Waals surface area contributed by atoms with E-state index in [0.717, 1.165) is 5.56 Å². The molecule has 0 aliphatic carbocycles. The van der Waals surface area contributed by atoms with Crippen molar-refractivity contribution in [2.45, 2.75) is 11.8 Å². The molecular formula is C14H11ClN2OS. The Labute approximate surface area is 119 Å². The van der Waals surface area contributed by atoms with Crippen molar-refractivity contribution in [3.8, 4) is 0 Å². The van der Waals surface area contributed by atoms with E-state index in [1.807, 2.05) is 41.8 Å². The number of aromatic nitrogens is 2. The van der Waals surface area contributed by atoms with Crippen molar-refractivity contribution in [1.29, 1.82) is 0 Å². The zero-order valence-electron chi connectivity index (χ0n) is 9.99. The molecule has 19 heavy (non-hydrogen) atoms. The molecule has 3 aromatic rings. The van der Waals surface area contributed by atoms with Gasteiger partial charge < -0.3 is 4.52 Å². The largest absolute Gasteiger partial charge is 0.337 e. The van der Waals surface area contributed by atoms with E-state index in [1.165, 1.54) is 4.88 Å². The van der Waals surface area contributed by atoms with Crippen molar-refractivity contribution >= 4 is 22.9 Å². The number of thiophene rings is 1. The Morgan fingerprint density at radius 3 is 2.74 bits per heavy atom. The highest BCUT2D eigenvalue weighted by Crippen LogP contribution is 2.27. The lowest BCUT2D eigenvalue weighted by molar-refractivity contribution is 0.377. The van der Waals surface area contributed by atoms with Crippen molar-refractivity contribution in [2.75, 3.05) is 0 Å². The van der Waals surface area contributed by atoms with Gasteiger partial charge in [0.2, 0.25) is 5.89 Å². The molecule has 2 aromatic heterocycles. The average Bonchev–Trinajstić information content (AvgIpc) is 3.11. The summed E-state index contributed by atoms with van der Waals surface area (Å²) in [5.74, 6) is 1.11. The standard InChI is InChI=1S/C14H11ClN2OS/c15-13(10-5-2-1-3-6-10)14-16-12(17-18-14)9-11-7-4-8-19-11/h1-8,13H,9H2. The highest BCUT2D eigenvalue weighted by atomic mass is 35.5. The fourth-order valence-electron chi connectivity index (χ4n) is 1.78. The molecule has 0 saturated carbocycles. The molecule has 5 heteroatoms. The minimum atomic E-state index is -0.397. The van der Waals surface area contributed by atoms with Crippen LogP contribution in [0, 0.1) is 0 Å². The fraction of sp³-hybridized carbons (Fsp3) is 0.143. The molecule has 0 saturated heterocycles. The van der Waals surface area contributed by atoms with Crippen molar-refractivity contribution < 1.29 is 4.52 Å². The van der Waals surface area contributed by atoms with Crippen LogP contribution in [-0.2, 0) is 6.42 Å². The summed E-state index contributed by atoms with van der Waals surface area (Å²) in [6.07, 6.45) is 0.680. The molecule has 3 rings (SSSR count). The van der Waals surface area contributed by atoms with Gasteiger partial charge in [0.05, 0.1) is 0 Å².